The lowest BCUT2D eigenvalue weighted by Crippen LogP contribution is -2.37. The van der Waals surface area contributed by atoms with Crippen molar-refractivity contribution in [1.29, 1.82) is 0 Å². The zero-order valence-corrected chi connectivity index (χ0v) is 16.0. The molecule has 29 heavy (non-hydrogen) atoms. The lowest BCUT2D eigenvalue weighted by molar-refractivity contribution is -0.191. The van der Waals surface area contributed by atoms with Gasteiger partial charge in [0.05, 0.1) is 6.54 Å². The third-order valence-electron chi connectivity index (χ3n) is 5.18. The van der Waals surface area contributed by atoms with Gasteiger partial charge in [0.15, 0.2) is 11.5 Å². The van der Waals surface area contributed by atoms with Gasteiger partial charge in [-0.25, -0.2) is 4.98 Å². The van der Waals surface area contributed by atoms with Crippen molar-refractivity contribution in [3.8, 4) is 23.0 Å². The van der Waals surface area contributed by atoms with Crippen molar-refractivity contribution in [3.63, 3.8) is 0 Å². The number of hydrogen-bond acceptors (Lipinski definition) is 8. The van der Waals surface area contributed by atoms with Crippen molar-refractivity contribution in [1.82, 2.24) is 14.5 Å². The Morgan fingerprint density at radius 1 is 0.897 bits per heavy atom. The van der Waals surface area contributed by atoms with Crippen LogP contribution in [0.25, 0.3) is 11.0 Å². The molecule has 0 unspecified atom stereocenters. The van der Waals surface area contributed by atoms with E-state index in [-0.39, 0.29) is 29.0 Å². The molecule has 1 aliphatic heterocycles. The number of benzene rings is 2. The lowest BCUT2D eigenvalue weighted by atomic mass is 10.1. The predicted molar refractivity (Wildman–Crippen MR) is 104 cm³/mol. The Bertz CT molecular complexity index is 1070. The summed E-state index contributed by atoms with van der Waals surface area (Å²) in [6.07, 6.45) is 1.97. The van der Waals surface area contributed by atoms with Gasteiger partial charge >= 0.3 is 0 Å². The van der Waals surface area contributed by atoms with Crippen molar-refractivity contribution in [2.24, 2.45) is 0 Å². The average molecular weight is 422 g/mol. The molecule has 1 saturated heterocycles. The number of nitrogens with zero attached hydrogens (tertiary/aromatic N) is 3. The Morgan fingerprint density at radius 2 is 1.48 bits per heavy atom. The summed E-state index contributed by atoms with van der Waals surface area (Å²) in [4.78, 5) is 6.27. The van der Waals surface area contributed by atoms with Crippen LogP contribution >= 0.6 is 11.6 Å². The van der Waals surface area contributed by atoms with Crippen LogP contribution in [0.3, 0.4) is 0 Å². The maximum Gasteiger partial charge on any atom is 0.280 e. The van der Waals surface area contributed by atoms with Crippen LogP contribution in [0.5, 0.6) is 23.0 Å². The fourth-order valence-electron chi connectivity index (χ4n) is 3.68. The van der Waals surface area contributed by atoms with E-state index >= 15 is 0 Å². The number of phenols is 4. The maximum atomic E-state index is 11.0. The second kappa shape index (κ2) is 6.96. The molecule has 0 saturated carbocycles. The Hall–Kier alpha value is -2.72. The molecular formula is C19H20ClN3O6. The molecule has 1 fully saturated rings. The number of likely N-dealkylation sites (tertiary alicyclic amines) is 1. The smallest absolute Gasteiger partial charge is 0.280 e. The Kier molecular flexibility index (Phi) is 4.70. The van der Waals surface area contributed by atoms with Crippen LogP contribution < -0.4 is 0 Å². The SMILES string of the molecule is Oc1c(O)c(O)c2c(nc(CN3CCCC3)n2C(O)(O)c2ccc(Cl)cc2)c1O. The van der Waals surface area contributed by atoms with Gasteiger partial charge in [-0.2, -0.15) is 0 Å². The molecule has 6 N–H and O–H groups in total. The zero-order valence-electron chi connectivity index (χ0n) is 15.2. The van der Waals surface area contributed by atoms with E-state index in [9.17, 15) is 30.6 Å². The molecule has 9 nitrogen and oxygen atoms in total. The minimum atomic E-state index is -2.69. The van der Waals surface area contributed by atoms with Crippen molar-refractivity contribution < 1.29 is 30.6 Å². The van der Waals surface area contributed by atoms with Crippen LogP contribution in [0, 0.1) is 0 Å². The fourth-order valence-corrected chi connectivity index (χ4v) is 3.81. The molecule has 0 radical (unpaired) electrons. The highest BCUT2D eigenvalue weighted by molar-refractivity contribution is 6.30. The van der Waals surface area contributed by atoms with Crippen molar-refractivity contribution in [2.75, 3.05) is 13.1 Å². The highest BCUT2D eigenvalue weighted by Gasteiger charge is 2.37. The number of hydrogen-bond donors (Lipinski definition) is 6. The van der Waals surface area contributed by atoms with E-state index in [1.165, 1.54) is 24.3 Å². The summed E-state index contributed by atoms with van der Waals surface area (Å²) >= 11 is 5.89. The number of fused-ring (bicyclic) bond motifs is 1. The van der Waals surface area contributed by atoms with Crippen LogP contribution in [0.4, 0.5) is 0 Å². The number of aliphatic hydroxyl groups is 2. The third kappa shape index (κ3) is 3.12. The number of aromatic hydroxyl groups is 4. The maximum absolute atomic E-state index is 11.0. The van der Waals surface area contributed by atoms with Gasteiger partial charge in [-0.15, -0.1) is 0 Å². The quantitative estimate of drug-likeness (QED) is 0.212. The van der Waals surface area contributed by atoms with Crippen LogP contribution in [-0.2, 0) is 12.5 Å². The van der Waals surface area contributed by atoms with E-state index in [0.717, 1.165) is 30.5 Å². The fraction of sp³-hybridized carbons (Fsp3) is 0.316. The summed E-state index contributed by atoms with van der Waals surface area (Å²) < 4.78 is 0.929. The van der Waals surface area contributed by atoms with E-state index in [0.29, 0.717) is 5.02 Å². The van der Waals surface area contributed by atoms with Gasteiger partial charge in [-0.3, -0.25) is 9.47 Å². The average Bonchev–Trinajstić information content (AvgIpc) is 3.33. The summed E-state index contributed by atoms with van der Waals surface area (Å²) in [5.41, 5.74) is -0.573. The van der Waals surface area contributed by atoms with Gasteiger partial charge < -0.3 is 30.6 Å². The van der Waals surface area contributed by atoms with Crippen molar-refractivity contribution >= 4 is 22.6 Å². The van der Waals surface area contributed by atoms with Crippen LogP contribution in [0.2, 0.25) is 5.02 Å². The topological polar surface area (TPSA) is 142 Å². The minimum Gasteiger partial charge on any atom is -0.503 e. The first-order chi connectivity index (χ1) is 13.7. The summed E-state index contributed by atoms with van der Waals surface area (Å²) in [5, 5.41) is 63.0. The van der Waals surface area contributed by atoms with Gasteiger partial charge in [-0.1, -0.05) is 23.7 Å². The Labute approximate surface area is 170 Å². The first-order valence-corrected chi connectivity index (χ1v) is 9.40. The second-order valence-electron chi connectivity index (χ2n) is 7.08. The van der Waals surface area contributed by atoms with Crippen molar-refractivity contribution in [2.45, 2.75) is 25.3 Å². The van der Waals surface area contributed by atoms with Gasteiger partial charge in [0, 0.05) is 10.6 Å². The minimum absolute atomic E-state index is 0.0235. The Morgan fingerprint density at radius 3 is 2.10 bits per heavy atom. The first-order valence-electron chi connectivity index (χ1n) is 9.02. The normalized spacial score (nSPS) is 15.4. The van der Waals surface area contributed by atoms with E-state index in [4.69, 9.17) is 11.6 Å². The third-order valence-corrected chi connectivity index (χ3v) is 5.43. The van der Waals surface area contributed by atoms with Crippen LogP contribution in [0.15, 0.2) is 24.3 Å². The molecule has 1 aliphatic rings. The molecule has 154 valence electrons. The molecule has 2 aromatic carbocycles. The largest absolute Gasteiger partial charge is 0.503 e. The van der Waals surface area contributed by atoms with Gasteiger partial charge in [0.1, 0.15) is 16.9 Å². The second-order valence-corrected chi connectivity index (χ2v) is 7.52. The highest BCUT2D eigenvalue weighted by Crippen LogP contribution is 2.49. The number of halogens is 1. The summed E-state index contributed by atoms with van der Waals surface area (Å²) in [6, 6.07) is 5.73. The Balaban J connectivity index is 1.99. The standard InChI is InChI=1S/C19H20ClN3O6/c20-11-5-3-10(4-6-11)19(28,29)23-12(9-22-7-1-2-8-22)21-13-14(23)16(25)18(27)17(26)15(13)24/h3-6,24-29H,1-2,7-9H2. The molecular weight excluding hydrogens is 402 g/mol. The number of aromatic nitrogens is 2. The molecule has 4 rings (SSSR count). The molecule has 3 aromatic rings. The highest BCUT2D eigenvalue weighted by atomic mass is 35.5. The summed E-state index contributed by atoms with van der Waals surface area (Å²) in [7, 11) is 0. The van der Waals surface area contributed by atoms with Gasteiger partial charge in [0.25, 0.3) is 5.91 Å². The molecule has 2 heterocycles. The number of phenolic OH excluding ortho intramolecular Hbond substituents is 4. The molecule has 10 heteroatoms. The first kappa shape index (κ1) is 19.6. The molecule has 0 bridgehead atoms. The molecule has 0 aliphatic carbocycles. The molecule has 0 spiro atoms. The zero-order chi connectivity index (χ0) is 20.9. The van der Waals surface area contributed by atoms with E-state index in [1.54, 1.807) is 0 Å². The summed E-state index contributed by atoms with van der Waals surface area (Å²) in [5.74, 6) is -6.11. The lowest BCUT2D eigenvalue weighted by Gasteiger charge is -2.27. The van der Waals surface area contributed by atoms with Crippen LogP contribution in [0.1, 0.15) is 24.2 Å². The number of rotatable bonds is 4. The monoisotopic (exact) mass is 421 g/mol. The molecule has 0 amide bonds. The van der Waals surface area contributed by atoms with E-state index < -0.39 is 28.9 Å². The van der Waals surface area contributed by atoms with Crippen molar-refractivity contribution in [3.05, 3.63) is 40.7 Å². The van der Waals surface area contributed by atoms with Gasteiger partial charge in [0.2, 0.25) is 11.5 Å². The molecule has 0 atom stereocenters. The number of imidazole rings is 1. The van der Waals surface area contributed by atoms with Gasteiger partial charge in [-0.05, 0) is 38.1 Å². The van der Waals surface area contributed by atoms with E-state index in [2.05, 4.69) is 4.98 Å². The predicted octanol–water partition coefficient (Wildman–Crippen LogP) is 1.75. The summed E-state index contributed by atoms with van der Waals surface area (Å²) in [6.45, 7) is 1.76. The van der Waals surface area contributed by atoms with Crippen LogP contribution in [-0.4, -0.2) is 58.2 Å². The molecule has 1 aromatic heterocycles. The van der Waals surface area contributed by atoms with E-state index in [1.807, 2.05) is 4.90 Å².